The molecule has 104 valence electrons. The molecule has 0 N–H and O–H groups in total. The van der Waals surface area contributed by atoms with Crippen LogP contribution < -0.4 is 0 Å². The van der Waals surface area contributed by atoms with E-state index in [4.69, 9.17) is 0 Å². The molecule has 0 amide bonds. The highest BCUT2D eigenvalue weighted by atomic mass is 16.1. The molecule has 0 aromatic carbocycles. The number of nitrogens with zero attached hydrogens (tertiary/aromatic N) is 4. The molecule has 4 aromatic rings. The maximum absolute atomic E-state index is 12.6. The Morgan fingerprint density at radius 2 is 1.14 bits per heavy atom. The van der Waals surface area contributed by atoms with Gasteiger partial charge in [0.1, 0.15) is 11.4 Å². The molecule has 4 rings (SSSR count). The predicted octanol–water partition coefficient (Wildman–Crippen LogP) is 2.80. The molecule has 0 atom stereocenters. The van der Waals surface area contributed by atoms with Gasteiger partial charge < -0.3 is 0 Å². The lowest BCUT2D eigenvalue weighted by molar-refractivity contribution is 0.103. The van der Waals surface area contributed by atoms with E-state index in [9.17, 15) is 4.79 Å². The molecule has 5 nitrogen and oxygen atoms in total. The molecule has 4 heterocycles. The highest BCUT2D eigenvalue weighted by molar-refractivity contribution is 6.08. The first-order chi connectivity index (χ1) is 10.8. The third kappa shape index (κ3) is 2.09. The van der Waals surface area contributed by atoms with Gasteiger partial charge in [0.25, 0.3) is 0 Å². The van der Waals surface area contributed by atoms with Crippen molar-refractivity contribution in [3.05, 3.63) is 72.3 Å². The summed E-state index contributed by atoms with van der Waals surface area (Å²) in [4.78, 5) is 29.7. The lowest BCUT2D eigenvalue weighted by Crippen LogP contribution is -2.06. The molecule has 0 unspecified atom stereocenters. The van der Waals surface area contributed by atoms with Crippen LogP contribution in [0.25, 0.3) is 22.1 Å². The van der Waals surface area contributed by atoms with Crippen molar-refractivity contribution in [1.82, 2.24) is 19.9 Å². The first-order valence-electron chi connectivity index (χ1n) is 6.79. The van der Waals surface area contributed by atoms with Crippen molar-refractivity contribution < 1.29 is 4.79 Å². The van der Waals surface area contributed by atoms with Crippen LogP contribution in [0.3, 0.4) is 0 Å². The lowest BCUT2D eigenvalue weighted by atomic mass is 10.1. The van der Waals surface area contributed by atoms with E-state index in [1.165, 1.54) is 0 Å². The van der Waals surface area contributed by atoms with Crippen molar-refractivity contribution in [2.75, 3.05) is 0 Å². The van der Waals surface area contributed by atoms with Crippen LogP contribution in [0.1, 0.15) is 16.2 Å². The lowest BCUT2D eigenvalue weighted by Gasteiger charge is -2.03. The number of hydrogen-bond donors (Lipinski definition) is 0. The molecular formula is C17H10N4O. The second-order valence-electron chi connectivity index (χ2n) is 4.81. The summed E-state index contributed by atoms with van der Waals surface area (Å²) in [5.74, 6) is -0.212. The van der Waals surface area contributed by atoms with Gasteiger partial charge in [-0.25, -0.2) is 9.97 Å². The molecule has 5 heteroatoms. The topological polar surface area (TPSA) is 68.6 Å². The molecule has 0 fully saturated rings. The summed E-state index contributed by atoms with van der Waals surface area (Å²) in [5, 5.41) is 0. The van der Waals surface area contributed by atoms with Crippen LogP contribution in [0.15, 0.2) is 60.9 Å². The van der Waals surface area contributed by atoms with Crippen LogP contribution in [-0.4, -0.2) is 25.7 Å². The zero-order chi connectivity index (χ0) is 14.9. The summed E-state index contributed by atoms with van der Waals surface area (Å²) in [5.41, 5.74) is 3.61. The third-order valence-corrected chi connectivity index (χ3v) is 3.38. The number of rotatable bonds is 2. The van der Waals surface area contributed by atoms with E-state index in [0.717, 1.165) is 11.0 Å². The van der Waals surface area contributed by atoms with Gasteiger partial charge in [-0.05, 0) is 48.5 Å². The van der Waals surface area contributed by atoms with Crippen molar-refractivity contribution in [2.45, 2.75) is 0 Å². The summed E-state index contributed by atoms with van der Waals surface area (Å²) in [6.07, 6.45) is 3.40. The van der Waals surface area contributed by atoms with Gasteiger partial charge in [-0.2, -0.15) is 0 Å². The van der Waals surface area contributed by atoms with E-state index in [0.29, 0.717) is 22.4 Å². The van der Waals surface area contributed by atoms with Gasteiger partial charge in [0.05, 0.1) is 22.1 Å². The van der Waals surface area contributed by atoms with Crippen LogP contribution >= 0.6 is 0 Å². The van der Waals surface area contributed by atoms with E-state index in [2.05, 4.69) is 19.9 Å². The number of carbonyl (C=O) groups excluding carboxylic acids is 1. The van der Waals surface area contributed by atoms with Crippen molar-refractivity contribution in [1.29, 1.82) is 0 Å². The minimum absolute atomic E-state index is 0.212. The van der Waals surface area contributed by atoms with E-state index < -0.39 is 0 Å². The van der Waals surface area contributed by atoms with E-state index in [1.54, 1.807) is 48.8 Å². The summed E-state index contributed by atoms with van der Waals surface area (Å²) < 4.78 is 0. The van der Waals surface area contributed by atoms with Crippen molar-refractivity contribution in [2.24, 2.45) is 0 Å². The molecular weight excluding hydrogens is 276 g/mol. The van der Waals surface area contributed by atoms with Crippen LogP contribution in [0.2, 0.25) is 0 Å². The van der Waals surface area contributed by atoms with E-state index in [-0.39, 0.29) is 5.78 Å². The largest absolute Gasteiger partial charge is 0.285 e. The van der Waals surface area contributed by atoms with Crippen LogP contribution in [0.4, 0.5) is 0 Å². The highest BCUT2D eigenvalue weighted by Crippen LogP contribution is 2.14. The van der Waals surface area contributed by atoms with Gasteiger partial charge in [-0.15, -0.1) is 0 Å². The van der Waals surface area contributed by atoms with Crippen molar-refractivity contribution >= 4 is 27.9 Å². The molecule has 0 spiro atoms. The summed E-state index contributed by atoms with van der Waals surface area (Å²) in [7, 11) is 0. The molecule has 0 saturated carbocycles. The Kier molecular flexibility index (Phi) is 2.83. The Morgan fingerprint density at radius 3 is 1.64 bits per heavy atom. The quantitative estimate of drug-likeness (QED) is 0.530. The van der Waals surface area contributed by atoms with Crippen molar-refractivity contribution in [3.8, 4) is 0 Å². The smallest absolute Gasteiger partial charge is 0.229 e. The number of fused-ring (bicyclic) bond motifs is 2. The maximum atomic E-state index is 12.6. The average molecular weight is 286 g/mol. The molecule has 4 aromatic heterocycles. The Hall–Kier alpha value is -3.21. The Bertz CT molecular complexity index is 932. The third-order valence-electron chi connectivity index (χ3n) is 3.38. The summed E-state index contributed by atoms with van der Waals surface area (Å²) in [6, 6.07) is 14.2. The number of ketones is 1. The Labute approximate surface area is 125 Å². The molecule has 0 aliphatic carbocycles. The van der Waals surface area contributed by atoms with Gasteiger partial charge in [0, 0.05) is 12.4 Å². The first kappa shape index (κ1) is 12.5. The normalized spacial score (nSPS) is 10.9. The molecule has 0 aliphatic rings. The van der Waals surface area contributed by atoms with Gasteiger partial charge in [-0.1, -0.05) is 0 Å². The molecule has 0 bridgehead atoms. The average Bonchev–Trinajstić information content (AvgIpc) is 2.60. The number of aromatic nitrogens is 4. The second kappa shape index (κ2) is 4.96. The van der Waals surface area contributed by atoms with E-state index >= 15 is 0 Å². The van der Waals surface area contributed by atoms with Gasteiger partial charge in [-0.3, -0.25) is 14.8 Å². The zero-order valence-corrected chi connectivity index (χ0v) is 11.5. The molecule has 0 radical (unpaired) electrons. The fourth-order valence-corrected chi connectivity index (χ4v) is 2.30. The maximum Gasteiger partial charge on any atom is 0.229 e. The van der Waals surface area contributed by atoms with Gasteiger partial charge in [0.2, 0.25) is 5.78 Å². The first-order valence-corrected chi connectivity index (χ1v) is 6.79. The zero-order valence-electron chi connectivity index (χ0n) is 11.5. The van der Waals surface area contributed by atoms with Crippen LogP contribution in [0, 0.1) is 0 Å². The SMILES string of the molecule is O=C(c1ccc2ncccc2n1)c1ccc2ncccc2n1. The Balaban J connectivity index is 1.80. The van der Waals surface area contributed by atoms with Gasteiger partial charge >= 0.3 is 0 Å². The standard InChI is InChI=1S/C17H10N4O/c22-17(15-7-5-11-13(20-15)3-1-9-18-11)16-8-6-12-14(21-16)4-2-10-19-12/h1-10H. The number of carbonyl (C=O) groups is 1. The fourth-order valence-electron chi connectivity index (χ4n) is 2.30. The van der Waals surface area contributed by atoms with E-state index in [1.807, 2.05) is 12.1 Å². The van der Waals surface area contributed by atoms with Crippen LogP contribution in [0.5, 0.6) is 0 Å². The van der Waals surface area contributed by atoms with Crippen molar-refractivity contribution in [3.63, 3.8) is 0 Å². The highest BCUT2D eigenvalue weighted by Gasteiger charge is 2.13. The number of pyridine rings is 4. The minimum Gasteiger partial charge on any atom is -0.285 e. The summed E-state index contributed by atoms with van der Waals surface area (Å²) >= 11 is 0. The fraction of sp³-hybridized carbons (Fsp3) is 0. The number of hydrogen-bond acceptors (Lipinski definition) is 5. The Morgan fingerprint density at radius 1 is 0.636 bits per heavy atom. The molecule has 22 heavy (non-hydrogen) atoms. The molecule has 0 aliphatic heterocycles. The molecule has 0 saturated heterocycles. The predicted molar refractivity (Wildman–Crippen MR) is 82.5 cm³/mol. The van der Waals surface area contributed by atoms with Gasteiger partial charge in [0.15, 0.2) is 0 Å². The van der Waals surface area contributed by atoms with Crippen LogP contribution in [-0.2, 0) is 0 Å². The summed E-state index contributed by atoms with van der Waals surface area (Å²) in [6.45, 7) is 0. The minimum atomic E-state index is -0.212. The second-order valence-corrected chi connectivity index (χ2v) is 4.81. The monoisotopic (exact) mass is 286 g/mol.